The molecule has 1 aliphatic carbocycles. The Morgan fingerprint density at radius 2 is 2.16 bits per heavy atom. The van der Waals surface area contributed by atoms with E-state index in [1.54, 1.807) is 0 Å². The molecule has 0 saturated carbocycles. The molecular weight excluding hydrogens is 260 g/mol. The normalized spacial score (nSPS) is 29.7. The fourth-order valence-electron chi connectivity index (χ4n) is 3.21. The quantitative estimate of drug-likeness (QED) is 0.894. The van der Waals surface area contributed by atoms with Crippen LogP contribution in [0.5, 0.6) is 0 Å². The van der Waals surface area contributed by atoms with Crippen LogP contribution in [0.1, 0.15) is 43.0 Å². The molecule has 1 aromatic heterocycles. The van der Waals surface area contributed by atoms with Gasteiger partial charge in [-0.15, -0.1) is 0 Å². The molecule has 0 aromatic carbocycles. The average molecular weight is 280 g/mol. The van der Waals surface area contributed by atoms with E-state index in [2.05, 4.69) is 16.4 Å². The van der Waals surface area contributed by atoms with Crippen molar-refractivity contribution in [1.29, 1.82) is 0 Å². The van der Waals surface area contributed by atoms with Gasteiger partial charge in [0.1, 0.15) is 0 Å². The van der Waals surface area contributed by atoms with Crippen molar-refractivity contribution in [3.05, 3.63) is 29.6 Å². The molecule has 2 unspecified atom stereocenters. The summed E-state index contributed by atoms with van der Waals surface area (Å²) in [7, 11) is -2.84. The molecule has 1 aliphatic heterocycles. The van der Waals surface area contributed by atoms with Crippen molar-refractivity contribution < 1.29 is 8.42 Å². The topological polar surface area (TPSA) is 59.1 Å². The van der Waals surface area contributed by atoms with Crippen LogP contribution in [0.15, 0.2) is 18.3 Å². The lowest BCUT2D eigenvalue weighted by Gasteiger charge is -2.31. The van der Waals surface area contributed by atoms with Crippen LogP contribution < -0.4 is 5.32 Å². The summed E-state index contributed by atoms with van der Waals surface area (Å²) in [5.74, 6) is 0.635. The number of pyridine rings is 1. The molecule has 1 N–H and O–H groups in total. The van der Waals surface area contributed by atoms with E-state index in [4.69, 9.17) is 0 Å². The Labute approximate surface area is 114 Å². The van der Waals surface area contributed by atoms with Gasteiger partial charge in [0.15, 0.2) is 9.84 Å². The fraction of sp³-hybridized carbons (Fsp3) is 0.643. The maximum atomic E-state index is 11.7. The van der Waals surface area contributed by atoms with Gasteiger partial charge in [-0.2, -0.15) is 0 Å². The Morgan fingerprint density at radius 1 is 1.26 bits per heavy atom. The van der Waals surface area contributed by atoms with Gasteiger partial charge >= 0.3 is 0 Å². The highest BCUT2D eigenvalue weighted by atomic mass is 32.2. The molecule has 3 rings (SSSR count). The van der Waals surface area contributed by atoms with Gasteiger partial charge in [0.2, 0.25) is 0 Å². The summed E-state index contributed by atoms with van der Waals surface area (Å²) in [6.45, 7) is 0. The lowest BCUT2D eigenvalue weighted by atomic mass is 9.91. The molecule has 19 heavy (non-hydrogen) atoms. The Hall–Kier alpha value is -0.940. The second-order valence-corrected chi connectivity index (χ2v) is 7.84. The molecule has 0 amide bonds. The van der Waals surface area contributed by atoms with Gasteiger partial charge in [0, 0.05) is 12.2 Å². The first-order valence-electron chi connectivity index (χ1n) is 7.04. The van der Waals surface area contributed by atoms with E-state index in [-0.39, 0.29) is 17.8 Å². The number of hydrogen-bond donors (Lipinski definition) is 1. The van der Waals surface area contributed by atoms with Gasteiger partial charge < -0.3 is 5.32 Å². The van der Waals surface area contributed by atoms with Crippen molar-refractivity contribution in [3.63, 3.8) is 0 Å². The van der Waals surface area contributed by atoms with Crippen LogP contribution in [-0.4, -0.2) is 30.9 Å². The van der Waals surface area contributed by atoms with E-state index in [0.29, 0.717) is 5.75 Å². The zero-order valence-corrected chi connectivity index (χ0v) is 11.8. The standard InChI is InChI=1S/C14H20N2O2S/c17-19(18)9-3-6-12(10-19)16-13-7-1-4-11-5-2-8-15-14(11)13/h2,5,8,12-13,16H,1,3-4,6-7,9-10H2. The Bertz CT molecular complexity index is 556. The Morgan fingerprint density at radius 3 is 3.00 bits per heavy atom. The Balaban J connectivity index is 1.74. The van der Waals surface area contributed by atoms with Gasteiger partial charge in [-0.25, -0.2) is 8.42 Å². The van der Waals surface area contributed by atoms with Crippen LogP contribution in [0.2, 0.25) is 0 Å². The number of hydrogen-bond acceptors (Lipinski definition) is 4. The first-order chi connectivity index (χ1) is 9.14. The Kier molecular flexibility index (Phi) is 3.58. The van der Waals surface area contributed by atoms with Crippen molar-refractivity contribution in [3.8, 4) is 0 Å². The number of sulfone groups is 1. The summed E-state index contributed by atoms with van der Waals surface area (Å²) in [6, 6.07) is 4.43. The molecule has 0 bridgehead atoms. The number of nitrogens with one attached hydrogen (secondary N) is 1. The minimum absolute atomic E-state index is 0.0942. The minimum Gasteiger partial charge on any atom is -0.305 e. The molecule has 1 aromatic rings. The third-order valence-electron chi connectivity index (χ3n) is 4.10. The number of rotatable bonds is 2. The lowest BCUT2D eigenvalue weighted by Crippen LogP contribution is -2.43. The molecule has 0 radical (unpaired) electrons. The van der Waals surface area contributed by atoms with Crippen molar-refractivity contribution in [1.82, 2.24) is 10.3 Å². The third-order valence-corrected chi connectivity index (χ3v) is 5.92. The van der Waals surface area contributed by atoms with Gasteiger partial charge in [-0.3, -0.25) is 4.98 Å². The van der Waals surface area contributed by atoms with Gasteiger partial charge in [0.05, 0.1) is 23.2 Å². The average Bonchev–Trinajstić information content (AvgIpc) is 2.38. The van der Waals surface area contributed by atoms with Crippen LogP contribution in [0.3, 0.4) is 0 Å². The summed E-state index contributed by atoms with van der Waals surface area (Å²) >= 11 is 0. The molecule has 4 nitrogen and oxygen atoms in total. The second kappa shape index (κ2) is 5.21. The summed E-state index contributed by atoms with van der Waals surface area (Å²) in [6.07, 6.45) is 6.86. The van der Waals surface area contributed by atoms with Crippen LogP contribution in [0.25, 0.3) is 0 Å². The summed E-state index contributed by atoms with van der Waals surface area (Å²) < 4.78 is 23.4. The smallest absolute Gasteiger partial charge is 0.151 e. The lowest BCUT2D eigenvalue weighted by molar-refractivity contribution is 0.380. The fourth-order valence-corrected chi connectivity index (χ4v) is 4.86. The minimum atomic E-state index is -2.84. The molecule has 2 heterocycles. The van der Waals surface area contributed by atoms with Crippen LogP contribution in [0, 0.1) is 0 Å². The first-order valence-corrected chi connectivity index (χ1v) is 8.86. The highest BCUT2D eigenvalue weighted by Gasteiger charge is 2.29. The zero-order chi connectivity index (χ0) is 13.3. The molecular formula is C14H20N2O2S. The van der Waals surface area contributed by atoms with Crippen molar-refractivity contribution in [2.24, 2.45) is 0 Å². The number of aryl methyl sites for hydroxylation is 1. The predicted molar refractivity (Wildman–Crippen MR) is 74.7 cm³/mol. The first kappa shape index (κ1) is 13.1. The van der Waals surface area contributed by atoms with Crippen molar-refractivity contribution in [2.45, 2.75) is 44.2 Å². The van der Waals surface area contributed by atoms with Crippen molar-refractivity contribution in [2.75, 3.05) is 11.5 Å². The number of aromatic nitrogens is 1. The predicted octanol–water partition coefficient (Wildman–Crippen LogP) is 1.63. The van der Waals surface area contributed by atoms with Gasteiger partial charge in [0.25, 0.3) is 0 Å². The maximum absolute atomic E-state index is 11.7. The molecule has 2 atom stereocenters. The second-order valence-electron chi connectivity index (χ2n) is 5.61. The highest BCUT2D eigenvalue weighted by Crippen LogP contribution is 2.29. The highest BCUT2D eigenvalue weighted by molar-refractivity contribution is 7.91. The summed E-state index contributed by atoms with van der Waals surface area (Å²) in [5.41, 5.74) is 2.43. The number of nitrogens with zero attached hydrogens (tertiary/aromatic N) is 1. The molecule has 2 aliphatic rings. The molecule has 1 saturated heterocycles. The zero-order valence-electron chi connectivity index (χ0n) is 11.0. The van der Waals surface area contributed by atoms with E-state index in [1.165, 1.54) is 5.56 Å². The maximum Gasteiger partial charge on any atom is 0.151 e. The largest absolute Gasteiger partial charge is 0.305 e. The summed E-state index contributed by atoms with van der Waals surface area (Å²) in [5, 5.41) is 3.53. The van der Waals surface area contributed by atoms with Crippen molar-refractivity contribution >= 4 is 9.84 Å². The van der Waals surface area contributed by atoms with E-state index in [1.807, 2.05) is 12.3 Å². The monoisotopic (exact) mass is 280 g/mol. The SMILES string of the molecule is O=S1(=O)CCCC(NC2CCCc3cccnc32)C1. The molecule has 104 valence electrons. The van der Waals surface area contributed by atoms with E-state index in [9.17, 15) is 8.42 Å². The number of fused-ring (bicyclic) bond motifs is 1. The molecule has 5 heteroatoms. The molecule has 0 spiro atoms. The van der Waals surface area contributed by atoms with Gasteiger partial charge in [-0.1, -0.05) is 6.07 Å². The van der Waals surface area contributed by atoms with Crippen LogP contribution >= 0.6 is 0 Å². The molecule has 1 fully saturated rings. The van der Waals surface area contributed by atoms with E-state index in [0.717, 1.165) is 37.8 Å². The third kappa shape index (κ3) is 2.98. The van der Waals surface area contributed by atoms with Crippen LogP contribution in [0.4, 0.5) is 0 Å². The summed E-state index contributed by atoms with van der Waals surface area (Å²) in [4.78, 5) is 4.49. The van der Waals surface area contributed by atoms with Crippen LogP contribution in [-0.2, 0) is 16.3 Å². The van der Waals surface area contributed by atoms with E-state index >= 15 is 0 Å². The van der Waals surface area contributed by atoms with E-state index < -0.39 is 9.84 Å². The van der Waals surface area contributed by atoms with Gasteiger partial charge in [-0.05, 0) is 43.7 Å².